The first-order chi connectivity index (χ1) is 12.8. The third kappa shape index (κ3) is 4.31. The van der Waals surface area contributed by atoms with Crippen LogP contribution in [0.3, 0.4) is 0 Å². The zero-order valence-electron chi connectivity index (χ0n) is 15.5. The number of nitrogens with zero attached hydrogens (tertiary/aromatic N) is 1. The molecule has 0 saturated heterocycles. The number of halogens is 1. The lowest BCUT2D eigenvalue weighted by Crippen LogP contribution is -2.31. The molecule has 0 radical (unpaired) electrons. The molecule has 3 aromatic rings. The topological polar surface area (TPSA) is 63.1 Å². The standard InChI is InChI=1S/C21H22ClN3O2/c1-13(2)23-21(27)17-9-8-15(22)11-18(17)24-20(26)10-14-12-25(3)19-7-5-4-6-16(14)19/h4-9,11-13H,10H2,1-3H3,(H,23,27)(H,24,26). The smallest absolute Gasteiger partial charge is 0.253 e. The average molecular weight is 384 g/mol. The maximum absolute atomic E-state index is 12.6. The van der Waals surface area contributed by atoms with Crippen molar-refractivity contribution in [3.8, 4) is 0 Å². The first kappa shape index (κ1) is 19.0. The third-order valence-electron chi connectivity index (χ3n) is 4.25. The Labute approximate surface area is 163 Å². The van der Waals surface area contributed by atoms with E-state index in [4.69, 9.17) is 11.6 Å². The Morgan fingerprint density at radius 2 is 1.89 bits per heavy atom. The van der Waals surface area contributed by atoms with Crippen molar-refractivity contribution in [2.45, 2.75) is 26.3 Å². The van der Waals surface area contributed by atoms with E-state index in [1.165, 1.54) is 0 Å². The van der Waals surface area contributed by atoms with Gasteiger partial charge >= 0.3 is 0 Å². The van der Waals surface area contributed by atoms with E-state index in [0.717, 1.165) is 16.5 Å². The Hall–Kier alpha value is -2.79. The minimum atomic E-state index is -0.248. The molecule has 0 fully saturated rings. The van der Waals surface area contributed by atoms with E-state index in [1.807, 2.05) is 55.9 Å². The number of hydrogen-bond acceptors (Lipinski definition) is 2. The molecular weight excluding hydrogens is 362 g/mol. The van der Waals surface area contributed by atoms with Crippen LogP contribution >= 0.6 is 11.6 Å². The number of aryl methyl sites for hydroxylation is 1. The van der Waals surface area contributed by atoms with E-state index in [2.05, 4.69) is 10.6 Å². The van der Waals surface area contributed by atoms with Gasteiger partial charge in [-0.15, -0.1) is 0 Å². The molecular formula is C21H22ClN3O2. The Kier molecular flexibility index (Phi) is 5.51. The number of para-hydroxylation sites is 1. The Balaban J connectivity index is 1.83. The number of nitrogens with one attached hydrogen (secondary N) is 2. The zero-order valence-corrected chi connectivity index (χ0v) is 16.3. The van der Waals surface area contributed by atoms with Crippen LogP contribution in [0.2, 0.25) is 5.02 Å². The summed E-state index contributed by atoms with van der Waals surface area (Å²) in [6.45, 7) is 3.76. The maximum atomic E-state index is 12.6. The van der Waals surface area contributed by atoms with Crippen molar-refractivity contribution in [1.29, 1.82) is 0 Å². The van der Waals surface area contributed by atoms with Gasteiger partial charge in [0.25, 0.3) is 5.91 Å². The van der Waals surface area contributed by atoms with E-state index < -0.39 is 0 Å². The fourth-order valence-corrected chi connectivity index (χ4v) is 3.26. The fraction of sp³-hybridized carbons (Fsp3) is 0.238. The summed E-state index contributed by atoms with van der Waals surface area (Å²) < 4.78 is 2.00. The molecule has 6 heteroatoms. The molecule has 3 rings (SSSR count). The number of fused-ring (bicyclic) bond motifs is 1. The molecule has 2 N–H and O–H groups in total. The van der Waals surface area contributed by atoms with Crippen LogP contribution in [0.25, 0.3) is 10.9 Å². The predicted octanol–water partition coefficient (Wildman–Crippen LogP) is 4.15. The lowest BCUT2D eigenvalue weighted by atomic mass is 10.1. The highest BCUT2D eigenvalue weighted by molar-refractivity contribution is 6.31. The second-order valence-corrected chi connectivity index (χ2v) is 7.26. The highest BCUT2D eigenvalue weighted by atomic mass is 35.5. The number of aromatic nitrogens is 1. The van der Waals surface area contributed by atoms with Crippen molar-refractivity contribution in [2.24, 2.45) is 7.05 Å². The Bertz CT molecular complexity index is 1010. The molecule has 0 saturated carbocycles. The number of rotatable bonds is 5. The van der Waals surface area contributed by atoms with Gasteiger partial charge in [0.15, 0.2) is 0 Å². The van der Waals surface area contributed by atoms with Gasteiger partial charge in [0.2, 0.25) is 5.91 Å². The number of amides is 2. The molecule has 0 bridgehead atoms. The number of hydrogen-bond donors (Lipinski definition) is 2. The number of carbonyl (C=O) groups excluding carboxylic acids is 2. The molecule has 0 atom stereocenters. The van der Waals surface area contributed by atoms with Crippen molar-refractivity contribution < 1.29 is 9.59 Å². The molecule has 0 unspecified atom stereocenters. The highest BCUT2D eigenvalue weighted by Crippen LogP contribution is 2.24. The van der Waals surface area contributed by atoms with Gasteiger partial charge in [0.1, 0.15) is 0 Å². The van der Waals surface area contributed by atoms with Crippen LogP contribution < -0.4 is 10.6 Å². The van der Waals surface area contributed by atoms with Crippen LogP contribution in [-0.2, 0) is 18.3 Å². The van der Waals surface area contributed by atoms with E-state index in [-0.39, 0.29) is 24.3 Å². The monoisotopic (exact) mass is 383 g/mol. The van der Waals surface area contributed by atoms with Gasteiger partial charge in [-0.2, -0.15) is 0 Å². The largest absolute Gasteiger partial charge is 0.350 e. The van der Waals surface area contributed by atoms with Gasteiger partial charge in [0.05, 0.1) is 17.7 Å². The van der Waals surface area contributed by atoms with Crippen molar-refractivity contribution in [3.05, 3.63) is 64.8 Å². The average Bonchev–Trinajstić information content (AvgIpc) is 2.90. The second kappa shape index (κ2) is 7.84. The van der Waals surface area contributed by atoms with Crippen molar-refractivity contribution in [2.75, 3.05) is 5.32 Å². The van der Waals surface area contributed by atoms with Crippen LogP contribution in [-0.4, -0.2) is 22.4 Å². The summed E-state index contributed by atoms with van der Waals surface area (Å²) in [5, 5.41) is 7.16. The molecule has 140 valence electrons. The predicted molar refractivity (Wildman–Crippen MR) is 109 cm³/mol. The molecule has 1 aromatic heterocycles. The molecule has 0 spiro atoms. The normalized spacial score (nSPS) is 11.0. The number of benzene rings is 2. The van der Waals surface area contributed by atoms with E-state index in [9.17, 15) is 9.59 Å². The molecule has 2 aromatic carbocycles. The first-order valence-electron chi connectivity index (χ1n) is 8.78. The van der Waals surface area contributed by atoms with Gasteiger partial charge in [-0.25, -0.2) is 0 Å². The highest BCUT2D eigenvalue weighted by Gasteiger charge is 2.16. The summed E-state index contributed by atoms with van der Waals surface area (Å²) in [5.74, 6) is -0.450. The summed E-state index contributed by atoms with van der Waals surface area (Å²) in [7, 11) is 1.95. The molecule has 27 heavy (non-hydrogen) atoms. The van der Waals surface area contributed by atoms with Crippen LogP contribution in [0.1, 0.15) is 29.8 Å². The number of anilines is 1. The molecule has 0 aliphatic carbocycles. The van der Waals surface area contributed by atoms with Gasteiger partial charge in [-0.3, -0.25) is 9.59 Å². The summed E-state index contributed by atoms with van der Waals surface area (Å²) in [6, 6.07) is 12.8. The molecule has 0 aliphatic rings. The minimum Gasteiger partial charge on any atom is -0.350 e. The second-order valence-electron chi connectivity index (χ2n) is 6.83. The Morgan fingerprint density at radius 3 is 2.63 bits per heavy atom. The lowest BCUT2D eigenvalue weighted by Gasteiger charge is -2.13. The molecule has 5 nitrogen and oxygen atoms in total. The maximum Gasteiger partial charge on any atom is 0.253 e. The van der Waals surface area contributed by atoms with E-state index >= 15 is 0 Å². The quantitative estimate of drug-likeness (QED) is 0.695. The van der Waals surface area contributed by atoms with Gasteiger partial charge in [-0.05, 0) is 43.7 Å². The molecule has 0 aliphatic heterocycles. The minimum absolute atomic E-state index is 0.00703. The van der Waals surface area contributed by atoms with E-state index in [1.54, 1.807) is 18.2 Å². The van der Waals surface area contributed by atoms with E-state index in [0.29, 0.717) is 16.3 Å². The van der Waals surface area contributed by atoms with Crippen LogP contribution in [0.4, 0.5) is 5.69 Å². The van der Waals surface area contributed by atoms with Crippen LogP contribution in [0, 0.1) is 0 Å². The lowest BCUT2D eigenvalue weighted by molar-refractivity contribution is -0.115. The van der Waals surface area contributed by atoms with Crippen molar-refractivity contribution in [1.82, 2.24) is 9.88 Å². The van der Waals surface area contributed by atoms with Gasteiger partial charge < -0.3 is 15.2 Å². The fourth-order valence-electron chi connectivity index (χ4n) is 3.09. The van der Waals surface area contributed by atoms with Gasteiger partial charge in [0, 0.05) is 35.2 Å². The Morgan fingerprint density at radius 1 is 1.15 bits per heavy atom. The summed E-state index contributed by atoms with van der Waals surface area (Å²) in [5.41, 5.74) is 2.80. The molecule has 1 heterocycles. The van der Waals surface area contributed by atoms with Crippen molar-refractivity contribution in [3.63, 3.8) is 0 Å². The number of carbonyl (C=O) groups is 2. The molecule has 2 amide bonds. The van der Waals surface area contributed by atoms with Gasteiger partial charge in [-0.1, -0.05) is 29.8 Å². The summed E-state index contributed by atoms with van der Waals surface area (Å²) >= 11 is 6.07. The van der Waals surface area contributed by atoms with Crippen molar-refractivity contribution >= 4 is 40.0 Å². The zero-order chi connectivity index (χ0) is 19.6. The van der Waals surface area contributed by atoms with Crippen LogP contribution in [0.15, 0.2) is 48.7 Å². The third-order valence-corrected chi connectivity index (χ3v) is 4.49. The summed E-state index contributed by atoms with van der Waals surface area (Å²) in [4.78, 5) is 25.0. The SMILES string of the molecule is CC(C)NC(=O)c1ccc(Cl)cc1NC(=O)Cc1cn(C)c2ccccc12. The summed E-state index contributed by atoms with van der Waals surface area (Å²) in [6.07, 6.45) is 2.16. The van der Waals surface area contributed by atoms with Crippen LogP contribution in [0.5, 0.6) is 0 Å². The first-order valence-corrected chi connectivity index (χ1v) is 9.16.